The zero-order valence-corrected chi connectivity index (χ0v) is 12.2. The molecule has 1 amide bonds. The molecule has 1 aromatic carbocycles. The molecule has 1 atom stereocenters. The van der Waals surface area contributed by atoms with Gasteiger partial charge in [-0.2, -0.15) is 0 Å². The first-order valence-corrected chi connectivity index (χ1v) is 6.70. The first-order valence-electron chi connectivity index (χ1n) is 6.70. The molecule has 5 nitrogen and oxygen atoms in total. The Hall–Kier alpha value is -1.88. The Kier molecular flexibility index (Phi) is 6.73. The molecule has 0 saturated heterocycles. The Morgan fingerprint density at radius 2 is 1.85 bits per heavy atom. The summed E-state index contributed by atoms with van der Waals surface area (Å²) < 4.78 is 4.79. The van der Waals surface area contributed by atoms with Crippen molar-refractivity contribution in [1.29, 1.82) is 0 Å². The number of ether oxygens (including phenoxy) is 1. The molecule has 0 fully saturated rings. The third-order valence-corrected chi connectivity index (χ3v) is 2.72. The van der Waals surface area contributed by atoms with Crippen molar-refractivity contribution in [3.63, 3.8) is 0 Å². The van der Waals surface area contributed by atoms with E-state index < -0.39 is 6.04 Å². The van der Waals surface area contributed by atoms with E-state index in [0.29, 0.717) is 13.0 Å². The lowest BCUT2D eigenvalue weighted by molar-refractivity contribution is -0.143. The minimum atomic E-state index is -0.548. The molecule has 1 aromatic rings. The van der Waals surface area contributed by atoms with Gasteiger partial charge in [0.15, 0.2) is 0 Å². The highest BCUT2D eigenvalue weighted by atomic mass is 16.5. The van der Waals surface area contributed by atoms with E-state index in [1.54, 1.807) is 0 Å². The molecule has 0 saturated carbocycles. The van der Waals surface area contributed by atoms with E-state index in [0.717, 1.165) is 5.56 Å². The van der Waals surface area contributed by atoms with Crippen molar-refractivity contribution in [2.75, 3.05) is 13.7 Å². The van der Waals surface area contributed by atoms with Crippen molar-refractivity contribution in [1.82, 2.24) is 10.6 Å². The minimum Gasteiger partial charge on any atom is -0.468 e. The van der Waals surface area contributed by atoms with Crippen molar-refractivity contribution < 1.29 is 14.3 Å². The minimum absolute atomic E-state index is 0.0378. The number of carbonyl (C=O) groups is 2. The van der Waals surface area contributed by atoms with Crippen LogP contribution in [0.4, 0.5) is 0 Å². The lowest BCUT2D eigenvalue weighted by Gasteiger charge is -2.17. The van der Waals surface area contributed by atoms with Crippen molar-refractivity contribution in [3.05, 3.63) is 35.9 Å². The molecule has 0 aliphatic carbocycles. The molecular weight excluding hydrogens is 256 g/mol. The maximum Gasteiger partial charge on any atom is 0.327 e. The Morgan fingerprint density at radius 3 is 2.40 bits per heavy atom. The van der Waals surface area contributed by atoms with E-state index in [1.165, 1.54) is 7.11 Å². The largest absolute Gasteiger partial charge is 0.468 e. The van der Waals surface area contributed by atoms with Crippen LogP contribution in [-0.2, 0) is 14.3 Å². The van der Waals surface area contributed by atoms with Crippen molar-refractivity contribution in [2.24, 2.45) is 0 Å². The molecule has 5 heteroatoms. The lowest BCUT2D eigenvalue weighted by atomic mass is 10.1. The van der Waals surface area contributed by atoms with Gasteiger partial charge in [-0.05, 0) is 19.4 Å². The van der Waals surface area contributed by atoms with Crippen LogP contribution >= 0.6 is 0 Å². The molecule has 0 bridgehead atoms. The highest BCUT2D eigenvalue weighted by Crippen LogP contribution is 2.13. The van der Waals surface area contributed by atoms with Gasteiger partial charge in [-0.15, -0.1) is 0 Å². The summed E-state index contributed by atoms with van der Waals surface area (Å²) in [6, 6.07) is 8.87. The second kappa shape index (κ2) is 8.32. The third kappa shape index (κ3) is 5.40. The number of amides is 1. The number of carbonyl (C=O) groups excluding carboxylic acids is 2. The molecule has 20 heavy (non-hydrogen) atoms. The first-order chi connectivity index (χ1) is 9.54. The smallest absolute Gasteiger partial charge is 0.327 e. The SMILES string of the molecule is COC(=O)C(NCCC(=O)NC(C)C)c1ccccc1. The first kappa shape index (κ1) is 16.2. The summed E-state index contributed by atoms with van der Waals surface area (Å²) in [5.74, 6) is -0.398. The maximum atomic E-state index is 11.8. The Morgan fingerprint density at radius 1 is 1.20 bits per heavy atom. The van der Waals surface area contributed by atoms with Gasteiger partial charge in [0.25, 0.3) is 0 Å². The van der Waals surface area contributed by atoms with E-state index >= 15 is 0 Å². The molecule has 110 valence electrons. The Labute approximate surface area is 119 Å². The monoisotopic (exact) mass is 278 g/mol. The van der Waals surface area contributed by atoms with Crippen molar-refractivity contribution in [3.8, 4) is 0 Å². The molecule has 1 rings (SSSR count). The molecular formula is C15H22N2O3. The average molecular weight is 278 g/mol. The second-order valence-corrected chi connectivity index (χ2v) is 4.79. The number of rotatable bonds is 7. The van der Waals surface area contributed by atoms with Crippen LogP contribution in [0.1, 0.15) is 31.9 Å². The number of methoxy groups -OCH3 is 1. The molecule has 0 spiro atoms. The lowest BCUT2D eigenvalue weighted by Crippen LogP contribution is -2.35. The van der Waals surface area contributed by atoms with Gasteiger partial charge < -0.3 is 15.4 Å². The number of esters is 1. The van der Waals surface area contributed by atoms with E-state index in [-0.39, 0.29) is 17.9 Å². The van der Waals surface area contributed by atoms with Crippen LogP contribution in [-0.4, -0.2) is 31.6 Å². The standard InChI is InChI=1S/C15H22N2O3/c1-11(2)17-13(18)9-10-16-14(15(19)20-3)12-7-5-4-6-8-12/h4-8,11,14,16H,9-10H2,1-3H3,(H,17,18). The number of hydrogen-bond donors (Lipinski definition) is 2. The molecule has 0 heterocycles. The number of hydrogen-bond acceptors (Lipinski definition) is 4. The van der Waals surface area contributed by atoms with Crippen LogP contribution in [0.3, 0.4) is 0 Å². The van der Waals surface area contributed by atoms with Gasteiger partial charge in [0, 0.05) is 19.0 Å². The molecule has 0 aliphatic rings. The maximum absolute atomic E-state index is 11.8. The van der Waals surface area contributed by atoms with Gasteiger partial charge in [-0.25, -0.2) is 4.79 Å². The Balaban J connectivity index is 2.55. The summed E-state index contributed by atoms with van der Waals surface area (Å²) in [5.41, 5.74) is 0.823. The molecule has 2 N–H and O–H groups in total. The van der Waals surface area contributed by atoms with Crippen molar-refractivity contribution >= 4 is 11.9 Å². The fraction of sp³-hybridized carbons (Fsp3) is 0.467. The van der Waals surface area contributed by atoms with Gasteiger partial charge in [0.05, 0.1) is 7.11 Å². The molecule has 1 unspecified atom stereocenters. The summed E-state index contributed by atoms with van der Waals surface area (Å²) in [6.07, 6.45) is 0.318. The summed E-state index contributed by atoms with van der Waals surface area (Å²) >= 11 is 0. The van der Waals surface area contributed by atoms with Crippen LogP contribution in [0, 0.1) is 0 Å². The van der Waals surface area contributed by atoms with E-state index in [2.05, 4.69) is 10.6 Å². The number of nitrogens with one attached hydrogen (secondary N) is 2. The van der Waals surface area contributed by atoms with Crippen LogP contribution in [0.5, 0.6) is 0 Å². The van der Waals surface area contributed by atoms with Gasteiger partial charge in [-0.1, -0.05) is 30.3 Å². The molecule has 0 aliphatic heterocycles. The average Bonchev–Trinajstić information content (AvgIpc) is 2.43. The summed E-state index contributed by atoms with van der Waals surface area (Å²) in [6.45, 7) is 4.23. The quantitative estimate of drug-likeness (QED) is 0.740. The van der Waals surface area contributed by atoms with Crippen molar-refractivity contribution in [2.45, 2.75) is 32.4 Å². The van der Waals surface area contributed by atoms with Gasteiger partial charge in [0.1, 0.15) is 6.04 Å². The van der Waals surface area contributed by atoms with Gasteiger partial charge in [-0.3, -0.25) is 4.79 Å². The summed E-state index contributed by atoms with van der Waals surface area (Å²) in [7, 11) is 1.35. The zero-order valence-electron chi connectivity index (χ0n) is 12.2. The number of benzene rings is 1. The van der Waals surface area contributed by atoms with Gasteiger partial charge >= 0.3 is 5.97 Å². The Bertz CT molecular complexity index is 432. The van der Waals surface area contributed by atoms with Crippen LogP contribution in [0.2, 0.25) is 0 Å². The highest BCUT2D eigenvalue weighted by Gasteiger charge is 2.20. The highest BCUT2D eigenvalue weighted by molar-refractivity contribution is 5.78. The summed E-state index contributed by atoms with van der Waals surface area (Å²) in [5, 5.41) is 5.86. The normalized spacial score (nSPS) is 12.0. The molecule has 0 radical (unpaired) electrons. The molecule has 0 aromatic heterocycles. The van der Waals surface area contributed by atoms with E-state index in [1.807, 2.05) is 44.2 Å². The third-order valence-electron chi connectivity index (χ3n) is 2.72. The van der Waals surface area contributed by atoms with Gasteiger partial charge in [0.2, 0.25) is 5.91 Å². The topological polar surface area (TPSA) is 67.4 Å². The predicted molar refractivity (Wildman–Crippen MR) is 77.1 cm³/mol. The fourth-order valence-corrected chi connectivity index (χ4v) is 1.82. The fourth-order valence-electron chi connectivity index (χ4n) is 1.82. The van der Waals surface area contributed by atoms with Crippen LogP contribution in [0.25, 0.3) is 0 Å². The van der Waals surface area contributed by atoms with E-state index in [9.17, 15) is 9.59 Å². The zero-order chi connectivity index (χ0) is 15.0. The second-order valence-electron chi connectivity index (χ2n) is 4.79. The van der Waals surface area contributed by atoms with Crippen LogP contribution < -0.4 is 10.6 Å². The van der Waals surface area contributed by atoms with E-state index in [4.69, 9.17) is 4.74 Å². The van der Waals surface area contributed by atoms with Crippen LogP contribution in [0.15, 0.2) is 30.3 Å². The predicted octanol–water partition coefficient (Wildman–Crippen LogP) is 1.40. The summed E-state index contributed by atoms with van der Waals surface area (Å²) in [4.78, 5) is 23.3.